The van der Waals surface area contributed by atoms with Crippen molar-refractivity contribution in [1.29, 1.82) is 0 Å². The minimum atomic E-state index is -0.531. The van der Waals surface area contributed by atoms with Gasteiger partial charge in [-0.2, -0.15) is 5.10 Å². The van der Waals surface area contributed by atoms with E-state index < -0.39 is 6.10 Å². The lowest BCUT2D eigenvalue weighted by Crippen LogP contribution is -2.39. The van der Waals surface area contributed by atoms with E-state index in [4.69, 9.17) is 0 Å². The SMILES string of the molecule is O=C(CNCC(O)Cn1cccn1)N1CCCC1. The van der Waals surface area contributed by atoms with Gasteiger partial charge in [-0.1, -0.05) is 0 Å². The molecule has 2 rings (SSSR count). The van der Waals surface area contributed by atoms with Crippen LogP contribution in [0.5, 0.6) is 0 Å². The Kier molecular flexibility index (Phi) is 4.72. The van der Waals surface area contributed by atoms with Gasteiger partial charge >= 0.3 is 0 Å². The number of aromatic nitrogens is 2. The molecule has 1 unspecified atom stereocenters. The van der Waals surface area contributed by atoms with E-state index in [1.807, 2.05) is 11.0 Å². The number of hydrogen-bond acceptors (Lipinski definition) is 4. The highest BCUT2D eigenvalue weighted by Gasteiger charge is 2.17. The molecule has 0 bridgehead atoms. The Bertz CT molecular complexity index is 360. The van der Waals surface area contributed by atoms with Crippen LogP contribution in [0.4, 0.5) is 0 Å². The van der Waals surface area contributed by atoms with Gasteiger partial charge in [-0.15, -0.1) is 0 Å². The third-order valence-electron chi connectivity index (χ3n) is 3.07. The van der Waals surface area contributed by atoms with Gasteiger partial charge in [-0.05, 0) is 18.9 Å². The monoisotopic (exact) mass is 252 g/mol. The first-order valence-electron chi connectivity index (χ1n) is 6.39. The van der Waals surface area contributed by atoms with Crippen LogP contribution in [0.25, 0.3) is 0 Å². The second kappa shape index (κ2) is 6.51. The minimum absolute atomic E-state index is 0.124. The number of aliphatic hydroxyl groups excluding tert-OH is 1. The Balaban J connectivity index is 1.61. The Hall–Kier alpha value is -1.40. The normalized spacial score (nSPS) is 17.1. The van der Waals surface area contributed by atoms with Gasteiger partial charge in [0.05, 0.1) is 19.2 Å². The van der Waals surface area contributed by atoms with E-state index in [-0.39, 0.29) is 5.91 Å². The summed E-state index contributed by atoms with van der Waals surface area (Å²) in [6.07, 6.45) is 5.16. The van der Waals surface area contributed by atoms with Crippen molar-refractivity contribution in [1.82, 2.24) is 20.0 Å². The van der Waals surface area contributed by atoms with E-state index in [1.54, 1.807) is 17.1 Å². The largest absolute Gasteiger partial charge is 0.390 e. The summed E-state index contributed by atoms with van der Waals surface area (Å²) in [5, 5.41) is 16.8. The van der Waals surface area contributed by atoms with Gasteiger partial charge in [0.15, 0.2) is 0 Å². The first kappa shape index (κ1) is 13.0. The fourth-order valence-electron chi connectivity index (χ4n) is 2.11. The molecule has 0 aliphatic carbocycles. The van der Waals surface area contributed by atoms with Gasteiger partial charge in [-0.25, -0.2) is 0 Å². The number of aliphatic hydroxyl groups is 1. The summed E-state index contributed by atoms with van der Waals surface area (Å²) in [6.45, 7) is 2.89. The summed E-state index contributed by atoms with van der Waals surface area (Å²) in [5.41, 5.74) is 0. The lowest BCUT2D eigenvalue weighted by Gasteiger charge is -2.16. The van der Waals surface area contributed by atoms with Crippen LogP contribution in [0.2, 0.25) is 0 Å². The van der Waals surface area contributed by atoms with Gasteiger partial charge in [0.1, 0.15) is 0 Å². The zero-order valence-corrected chi connectivity index (χ0v) is 10.5. The smallest absolute Gasteiger partial charge is 0.236 e. The molecule has 2 heterocycles. The maximum Gasteiger partial charge on any atom is 0.236 e. The third kappa shape index (κ3) is 3.82. The van der Waals surface area contributed by atoms with E-state index in [9.17, 15) is 9.90 Å². The molecule has 18 heavy (non-hydrogen) atoms. The third-order valence-corrected chi connectivity index (χ3v) is 3.07. The molecular formula is C12H20N4O2. The van der Waals surface area contributed by atoms with Crippen LogP contribution in [0.15, 0.2) is 18.5 Å². The molecule has 1 aliphatic rings. The Morgan fingerprint density at radius 2 is 2.22 bits per heavy atom. The quantitative estimate of drug-likeness (QED) is 0.713. The topological polar surface area (TPSA) is 70.4 Å². The average Bonchev–Trinajstić information content (AvgIpc) is 3.00. The summed E-state index contributed by atoms with van der Waals surface area (Å²) < 4.78 is 1.68. The van der Waals surface area contributed by atoms with Crippen LogP contribution in [-0.2, 0) is 11.3 Å². The molecule has 1 aliphatic heterocycles. The van der Waals surface area contributed by atoms with E-state index in [0.29, 0.717) is 19.6 Å². The molecule has 0 aromatic carbocycles. The van der Waals surface area contributed by atoms with Crippen molar-refractivity contribution in [2.24, 2.45) is 0 Å². The molecule has 2 N–H and O–H groups in total. The van der Waals surface area contributed by atoms with Crippen LogP contribution >= 0.6 is 0 Å². The number of rotatable bonds is 6. The number of amides is 1. The number of nitrogens with zero attached hydrogens (tertiary/aromatic N) is 3. The highest BCUT2D eigenvalue weighted by Crippen LogP contribution is 2.06. The van der Waals surface area contributed by atoms with Crippen molar-refractivity contribution in [3.05, 3.63) is 18.5 Å². The predicted molar refractivity (Wildman–Crippen MR) is 66.9 cm³/mol. The first-order valence-corrected chi connectivity index (χ1v) is 6.39. The molecule has 0 radical (unpaired) electrons. The van der Waals surface area contributed by atoms with Crippen LogP contribution < -0.4 is 5.32 Å². The van der Waals surface area contributed by atoms with E-state index in [0.717, 1.165) is 25.9 Å². The van der Waals surface area contributed by atoms with Crippen LogP contribution in [-0.4, -0.2) is 58.0 Å². The zero-order valence-electron chi connectivity index (χ0n) is 10.5. The van der Waals surface area contributed by atoms with Gasteiger partial charge in [-0.3, -0.25) is 9.48 Å². The lowest BCUT2D eigenvalue weighted by molar-refractivity contribution is -0.129. The van der Waals surface area contributed by atoms with Gasteiger partial charge in [0, 0.05) is 32.0 Å². The number of carbonyl (C=O) groups is 1. The molecular weight excluding hydrogens is 232 g/mol. The summed E-state index contributed by atoms with van der Waals surface area (Å²) in [7, 11) is 0. The molecule has 1 aromatic rings. The van der Waals surface area contributed by atoms with Crippen molar-refractivity contribution >= 4 is 5.91 Å². The van der Waals surface area contributed by atoms with Gasteiger partial charge in [0.25, 0.3) is 0 Å². The van der Waals surface area contributed by atoms with Crippen molar-refractivity contribution in [2.45, 2.75) is 25.5 Å². The second-order valence-corrected chi connectivity index (χ2v) is 4.60. The molecule has 1 aromatic heterocycles. The summed E-state index contributed by atoms with van der Waals surface area (Å²) >= 11 is 0. The zero-order chi connectivity index (χ0) is 12.8. The van der Waals surface area contributed by atoms with E-state index in [2.05, 4.69) is 10.4 Å². The standard InChI is InChI=1S/C12H20N4O2/c17-11(10-16-7-3-4-14-16)8-13-9-12(18)15-5-1-2-6-15/h3-4,7,11,13,17H,1-2,5-6,8-10H2. The van der Waals surface area contributed by atoms with E-state index >= 15 is 0 Å². The number of likely N-dealkylation sites (tertiary alicyclic amines) is 1. The molecule has 1 amide bonds. The number of carbonyl (C=O) groups excluding carboxylic acids is 1. The predicted octanol–water partition coefficient (Wildman–Crippen LogP) is -0.544. The first-order chi connectivity index (χ1) is 8.75. The van der Waals surface area contributed by atoms with Crippen molar-refractivity contribution < 1.29 is 9.90 Å². The van der Waals surface area contributed by atoms with Crippen molar-refractivity contribution in [3.8, 4) is 0 Å². The molecule has 1 saturated heterocycles. The summed E-state index contributed by atoms with van der Waals surface area (Å²) in [5.74, 6) is 0.124. The van der Waals surface area contributed by atoms with Crippen LogP contribution in [0.3, 0.4) is 0 Å². The van der Waals surface area contributed by atoms with E-state index in [1.165, 1.54) is 0 Å². The molecule has 6 heteroatoms. The fraction of sp³-hybridized carbons (Fsp3) is 0.667. The minimum Gasteiger partial charge on any atom is -0.390 e. The Labute approximate surface area is 107 Å². The number of hydrogen-bond donors (Lipinski definition) is 2. The Morgan fingerprint density at radius 3 is 2.89 bits per heavy atom. The highest BCUT2D eigenvalue weighted by atomic mass is 16.3. The molecule has 0 spiro atoms. The fourth-order valence-corrected chi connectivity index (χ4v) is 2.11. The molecule has 1 fully saturated rings. The van der Waals surface area contributed by atoms with Crippen molar-refractivity contribution in [2.75, 3.05) is 26.2 Å². The second-order valence-electron chi connectivity index (χ2n) is 4.60. The van der Waals surface area contributed by atoms with Gasteiger partial charge in [0.2, 0.25) is 5.91 Å². The van der Waals surface area contributed by atoms with Crippen molar-refractivity contribution in [3.63, 3.8) is 0 Å². The summed E-state index contributed by atoms with van der Waals surface area (Å²) in [6, 6.07) is 1.82. The maximum absolute atomic E-state index is 11.7. The van der Waals surface area contributed by atoms with Crippen LogP contribution in [0, 0.1) is 0 Å². The summed E-state index contributed by atoms with van der Waals surface area (Å²) in [4.78, 5) is 13.6. The van der Waals surface area contributed by atoms with Crippen LogP contribution in [0.1, 0.15) is 12.8 Å². The Morgan fingerprint density at radius 1 is 1.44 bits per heavy atom. The highest BCUT2D eigenvalue weighted by molar-refractivity contribution is 5.78. The lowest BCUT2D eigenvalue weighted by atomic mass is 10.3. The maximum atomic E-state index is 11.7. The molecule has 1 atom stereocenters. The molecule has 100 valence electrons. The molecule has 6 nitrogen and oxygen atoms in total. The molecule has 0 saturated carbocycles. The van der Waals surface area contributed by atoms with Gasteiger partial charge < -0.3 is 15.3 Å². The number of nitrogens with one attached hydrogen (secondary N) is 1. The average molecular weight is 252 g/mol.